The summed E-state index contributed by atoms with van der Waals surface area (Å²) in [5, 5.41) is 14.2. The molecule has 4 nitrogen and oxygen atoms in total. The summed E-state index contributed by atoms with van der Waals surface area (Å²) >= 11 is 0. The van der Waals surface area contributed by atoms with Crippen molar-refractivity contribution in [3.8, 4) is 0 Å². The molecule has 1 aliphatic rings. The third-order valence-corrected chi connectivity index (χ3v) is 1.16. The van der Waals surface area contributed by atoms with Crippen molar-refractivity contribution in [2.24, 2.45) is 0 Å². The Labute approximate surface area is 63.9 Å². The Morgan fingerprint density at radius 1 is 1.64 bits per heavy atom. The van der Waals surface area contributed by atoms with Crippen LogP contribution in [-0.2, 0) is 4.79 Å². The lowest BCUT2D eigenvalue weighted by Gasteiger charge is -2.08. The third-order valence-electron chi connectivity index (χ3n) is 1.16. The number of amides is 1. The van der Waals surface area contributed by atoms with Crippen LogP contribution in [0.15, 0.2) is 36.0 Å². The molecule has 0 aromatic heterocycles. The monoisotopic (exact) mass is 152 g/mol. The molecule has 0 atom stereocenters. The highest BCUT2D eigenvalue weighted by molar-refractivity contribution is 5.49. The topological polar surface area (TPSA) is 61.4 Å². The zero-order chi connectivity index (χ0) is 8.10. The number of dihydropyridines is 1. The number of carbonyl (C=O) groups excluding carboxylic acids is 1. The summed E-state index contributed by atoms with van der Waals surface area (Å²) in [7, 11) is 0. The number of nitrogens with one attached hydrogen (secondary N) is 2. The standard InChI is InChI=1S/C7H8N2O2/c10-5-8-4-6-7(11)2-1-3-9-6/h1-5,9,11H,(H,8,10). The first-order chi connectivity index (χ1) is 5.34. The van der Waals surface area contributed by atoms with E-state index in [2.05, 4.69) is 10.6 Å². The SMILES string of the molecule is O=CNC=C1NC=CC=C1O. The molecular weight excluding hydrogens is 144 g/mol. The molecule has 4 heteroatoms. The third kappa shape index (κ3) is 1.86. The van der Waals surface area contributed by atoms with Gasteiger partial charge in [0.05, 0.1) is 5.70 Å². The lowest BCUT2D eigenvalue weighted by molar-refractivity contribution is -0.108. The zero-order valence-corrected chi connectivity index (χ0v) is 5.74. The number of aliphatic hydroxyl groups excluding tert-OH is 1. The molecule has 3 N–H and O–H groups in total. The van der Waals surface area contributed by atoms with Crippen molar-refractivity contribution in [2.75, 3.05) is 0 Å². The normalized spacial score (nSPS) is 18.9. The predicted octanol–water partition coefficient (Wildman–Crippen LogP) is 0.133. The fourth-order valence-corrected chi connectivity index (χ4v) is 0.674. The van der Waals surface area contributed by atoms with Crippen LogP contribution < -0.4 is 10.6 Å². The van der Waals surface area contributed by atoms with Gasteiger partial charge in [-0.2, -0.15) is 0 Å². The summed E-state index contributed by atoms with van der Waals surface area (Å²) in [4.78, 5) is 9.85. The van der Waals surface area contributed by atoms with Crippen molar-refractivity contribution >= 4 is 6.41 Å². The molecule has 11 heavy (non-hydrogen) atoms. The van der Waals surface area contributed by atoms with Crippen LogP contribution in [0.5, 0.6) is 0 Å². The van der Waals surface area contributed by atoms with Gasteiger partial charge in [0.2, 0.25) is 6.41 Å². The Kier molecular flexibility index (Phi) is 2.32. The molecule has 0 aromatic rings. The summed E-state index contributed by atoms with van der Waals surface area (Å²) in [6.07, 6.45) is 6.74. The molecule has 1 aliphatic heterocycles. The molecule has 0 spiro atoms. The fraction of sp³-hybridized carbons (Fsp3) is 0. The molecule has 0 saturated carbocycles. The summed E-state index contributed by atoms with van der Waals surface area (Å²) in [5.41, 5.74) is 0.472. The van der Waals surface area contributed by atoms with Crippen LogP contribution >= 0.6 is 0 Å². The van der Waals surface area contributed by atoms with Gasteiger partial charge in [-0.25, -0.2) is 0 Å². The summed E-state index contributed by atoms with van der Waals surface area (Å²) in [5.74, 6) is 0.0989. The van der Waals surface area contributed by atoms with E-state index in [9.17, 15) is 4.79 Å². The Bertz CT molecular complexity index is 241. The van der Waals surface area contributed by atoms with Crippen LogP contribution in [0.3, 0.4) is 0 Å². The molecule has 0 fully saturated rings. The van der Waals surface area contributed by atoms with Gasteiger partial charge in [0.25, 0.3) is 0 Å². The number of hydrogen-bond acceptors (Lipinski definition) is 3. The summed E-state index contributed by atoms with van der Waals surface area (Å²) < 4.78 is 0. The van der Waals surface area contributed by atoms with Crippen LogP contribution in [0.25, 0.3) is 0 Å². The van der Waals surface area contributed by atoms with E-state index in [1.54, 1.807) is 12.3 Å². The average molecular weight is 152 g/mol. The van der Waals surface area contributed by atoms with Crippen LogP contribution in [0.2, 0.25) is 0 Å². The average Bonchev–Trinajstić information content (AvgIpc) is 2.03. The molecule has 0 aliphatic carbocycles. The quantitative estimate of drug-likeness (QED) is 0.493. The smallest absolute Gasteiger partial charge is 0.211 e. The van der Waals surface area contributed by atoms with Crippen LogP contribution in [0.4, 0.5) is 0 Å². The maximum atomic E-state index is 9.85. The first-order valence-electron chi connectivity index (χ1n) is 3.07. The number of carbonyl (C=O) groups is 1. The van der Waals surface area contributed by atoms with Gasteiger partial charge in [0, 0.05) is 12.4 Å². The summed E-state index contributed by atoms with van der Waals surface area (Å²) in [6, 6.07) is 0. The highest BCUT2D eigenvalue weighted by Crippen LogP contribution is 2.05. The maximum absolute atomic E-state index is 9.85. The molecular formula is C7H8N2O2. The van der Waals surface area contributed by atoms with E-state index in [1.165, 1.54) is 12.3 Å². The minimum Gasteiger partial charge on any atom is -0.506 e. The predicted molar refractivity (Wildman–Crippen MR) is 40.3 cm³/mol. The van der Waals surface area contributed by atoms with Gasteiger partial charge < -0.3 is 15.7 Å². The minimum absolute atomic E-state index is 0.0989. The van der Waals surface area contributed by atoms with E-state index in [4.69, 9.17) is 5.11 Å². The van der Waals surface area contributed by atoms with Gasteiger partial charge in [-0.3, -0.25) is 4.79 Å². The largest absolute Gasteiger partial charge is 0.506 e. The van der Waals surface area contributed by atoms with Gasteiger partial charge in [-0.05, 0) is 12.2 Å². The van der Waals surface area contributed by atoms with Crippen molar-refractivity contribution < 1.29 is 9.90 Å². The fourth-order valence-electron chi connectivity index (χ4n) is 0.674. The van der Waals surface area contributed by atoms with E-state index in [1.807, 2.05) is 0 Å². The Morgan fingerprint density at radius 3 is 3.09 bits per heavy atom. The first-order valence-corrected chi connectivity index (χ1v) is 3.07. The molecule has 0 radical (unpaired) electrons. The highest BCUT2D eigenvalue weighted by Gasteiger charge is 2.01. The lowest BCUT2D eigenvalue weighted by atomic mass is 10.3. The van der Waals surface area contributed by atoms with Crippen LogP contribution in [0, 0.1) is 0 Å². The van der Waals surface area contributed by atoms with E-state index < -0.39 is 0 Å². The Morgan fingerprint density at radius 2 is 2.45 bits per heavy atom. The molecule has 1 amide bonds. The van der Waals surface area contributed by atoms with Gasteiger partial charge in [-0.1, -0.05) is 0 Å². The molecule has 1 rings (SSSR count). The Balaban J connectivity index is 2.67. The van der Waals surface area contributed by atoms with Gasteiger partial charge in [0.15, 0.2) is 0 Å². The van der Waals surface area contributed by atoms with Gasteiger partial charge in [0.1, 0.15) is 5.76 Å². The molecule has 0 aromatic carbocycles. The molecule has 1 heterocycles. The van der Waals surface area contributed by atoms with Crippen molar-refractivity contribution in [3.05, 3.63) is 36.0 Å². The summed E-state index contributed by atoms with van der Waals surface area (Å²) in [6.45, 7) is 0. The number of allylic oxidation sites excluding steroid dienone is 2. The Hall–Kier alpha value is -1.71. The maximum Gasteiger partial charge on any atom is 0.211 e. The first kappa shape index (κ1) is 7.40. The van der Waals surface area contributed by atoms with E-state index >= 15 is 0 Å². The van der Waals surface area contributed by atoms with E-state index in [0.29, 0.717) is 12.1 Å². The molecule has 58 valence electrons. The lowest BCUT2D eigenvalue weighted by Crippen LogP contribution is -2.14. The van der Waals surface area contributed by atoms with E-state index in [0.717, 1.165) is 0 Å². The van der Waals surface area contributed by atoms with Crippen molar-refractivity contribution in [2.45, 2.75) is 0 Å². The molecule has 0 bridgehead atoms. The molecule has 0 unspecified atom stereocenters. The van der Waals surface area contributed by atoms with Gasteiger partial charge >= 0.3 is 0 Å². The van der Waals surface area contributed by atoms with Crippen LogP contribution in [-0.4, -0.2) is 11.5 Å². The second-order valence-corrected chi connectivity index (χ2v) is 1.90. The highest BCUT2D eigenvalue weighted by atomic mass is 16.3. The second kappa shape index (κ2) is 3.46. The van der Waals surface area contributed by atoms with Gasteiger partial charge in [-0.15, -0.1) is 0 Å². The zero-order valence-electron chi connectivity index (χ0n) is 5.74. The van der Waals surface area contributed by atoms with Crippen molar-refractivity contribution in [1.82, 2.24) is 10.6 Å². The van der Waals surface area contributed by atoms with E-state index in [-0.39, 0.29) is 5.76 Å². The molecule has 0 saturated heterocycles. The van der Waals surface area contributed by atoms with Crippen LogP contribution in [0.1, 0.15) is 0 Å². The number of hydrogen-bond donors (Lipinski definition) is 3. The second-order valence-electron chi connectivity index (χ2n) is 1.90. The number of rotatable bonds is 2. The van der Waals surface area contributed by atoms with Crippen molar-refractivity contribution in [1.29, 1.82) is 0 Å². The number of aliphatic hydroxyl groups is 1. The van der Waals surface area contributed by atoms with Crippen molar-refractivity contribution in [3.63, 3.8) is 0 Å². The minimum atomic E-state index is 0.0989.